The fraction of sp³-hybridized carbons (Fsp3) is 0.435. The van der Waals surface area contributed by atoms with E-state index in [2.05, 4.69) is 33.5 Å². The van der Waals surface area contributed by atoms with Crippen LogP contribution in [0.5, 0.6) is 0 Å². The van der Waals surface area contributed by atoms with Gasteiger partial charge in [0.05, 0.1) is 18.4 Å². The molecule has 1 aromatic carbocycles. The summed E-state index contributed by atoms with van der Waals surface area (Å²) < 4.78 is 9.37. The first-order valence-electron chi connectivity index (χ1n) is 10.8. The molecule has 0 radical (unpaired) electrons. The third-order valence-electron chi connectivity index (χ3n) is 5.82. The van der Waals surface area contributed by atoms with Crippen molar-refractivity contribution in [2.24, 2.45) is 0 Å². The number of carbonyl (C=O) groups excluding carboxylic acids is 1. The van der Waals surface area contributed by atoms with Gasteiger partial charge in [0.25, 0.3) is 5.91 Å². The molecule has 8 nitrogen and oxygen atoms in total. The number of hydrogen-bond acceptors (Lipinski definition) is 5. The van der Waals surface area contributed by atoms with Gasteiger partial charge in [0.2, 0.25) is 0 Å². The highest BCUT2D eigenvalue weighted by Gasteiger charge is 2.25. The second-order valence-electron chi connectivity index (χ2n) is 7.89. The van der Waals surface area contributed by atoms with E-state index in [4.69, 9.17) is 4.74 Å². The fourth-order valence-electron chi connectivity index (χ4n) is 4.16. The van der Waals surface area contributed by atoms with E-state index >= 15 is 0 Å². The number of hydrogen-bond donors (Lipinski definition) is 1. The number of rotatable bonds is 8. The first-order valence-corrected chi connectivity index (χ1v) is 10.8. The summed E-state index contributed by atoms with van der Waals surface area (Å²) in [6.45, 7) is 5.88. The molecule has 1 atom stereocenters. The zero-order chi connectivity index (χ0) is 21.6. The highest BCUT2D eigenvalue weighted by atomic mass is 16.5. The third-order valence-corrected chi connectivity index (χ3v) is 5.82. The van der Waals surface area contributed by atoms with Crippen molar-refractivity contribution in [1.29, 1.82) is 0 Å². The zero-order valence-corrected chi connectivity index (χ0v) is 18.1. The van der Waals surface area contributed by atoms with Crippen molar-refractivity contribution in [2.75, 3.05) is 25.5 Å². The molecule has 0 aliphatic carbocycles. The Kier molecular flexibility index (Phi) is 6.79. The van der Waals surface area contributed by atoms with E-state index in [1.165, 1.54) is 5.56 Å². The van der Waals surface area contributed by atoms with Crippen LogP contribution in [0.2, 0.25) is 0 Å². The van der Waals surface area contributed by atoms with Crippen LogP contribution in [0, 0.1) is 0 Å². The first-order chi connectivity index (χ1) is 15.2. The molecule has 1 saturated heterocycles. The minimum Gasteiger partial charge on any atom is -0.367 e. The van der Waals surface area contributed by atoms with Crippen molar-refractivity contribution in [3.63, 3.8) is 0 Å². The molecular weight excluding hydrogens is 392 g/mol. The molecule has 2 aromatic heterocycles. The van der Waals surface area contributed by atoms with Crippen LogP contribution < -0.4 is 5.32 Å². The molecule has 8 heteroatoms. The number of ether oxygens (including phenoxy) is 1. The van der Waals surface area contributed by atoms with Gasteiger partial charge in [0.15, 0.2) is 6.10 Å². The summed E-state index contributed by atoms with van der Waals surface area (Å²) in [6.07, 6.45) is 7.13. The van der Waals surface area contributed by atoms with Crippen molar-refractivity contribution in [1.82, 2.24) is 24.5 Å². The molecule has 31 heavy (non-hydrogen) atoms. The van der Waals surface area contributed by atoms with Gasteiger partial charge in [-0.3, -0.25) is 14.4 Å². The number of carbonyl (C=O) groups is 1. The molecule has 0 saturated carbocycles. The Labute approximate surface area is 182 Å². The zero-order valence-electron chi connectivity index (χ0n) is 18.1. The van der Waals surface area contributed by atoms with E-state index in [0.29, 0.717) is 5.82 Å². The predicted molar refractivity (Wildman–Crippen MR) is 118 cm³/mol. The quantitative estimate of drug-likeness (QED) is 0.603. The Hall–Kier alpha value is -2.97. The van der Waals surface area contributed by atoms with Crippen LogP contribution in [0.25, 0.3) is 0 Å². The lowest BCUT2D eigenvalue weighted by atomic mass is 10.0. The lowest BCUT2D eigenvalue weighted by Gasteiger charge is -2.32. The first kappa shape index (κ1) is 21.3. The molecule has 164 valence electrons. The Balaban J connectivity index is 1.36. The van der Waals surface area contributed by atoms with E-state index in [1.54, 1.807) is 13.3 Å². The molecule has 1 aliphatic rings. The lowest BCUT2D eigenvalue weighted by molar-refractivity contribution is -0.126. The van der Waals surface area contributed by atoms with E-state index in [1.807, 2.05) is 52.0 Å². The van der Waals surface area contributed by atoms with Crippen molar-refractivity contribution >= 4 is 11.7 Å². The molecule has 3 aromatic rings. The summed E-state index contributed by atoms with van der Waals surface area (Å²) in [4.78, 5) is 15.3. The standard InChI is InChI=1S/C23H30N6O2/c1-3-28-17-18(15-25-28)16-27-13-10-20(11-14-27)29-21(9-12-24-29)26-23(30)22(31-2)19-7-5-4-6-8-19/h4-9,12,15,17,20,22H,3,10-11,13-14,16H2,1-2H3,(H,26,30)/t22-/m1/s1. The van der Waals surface area contributed by atoms with Gasteiger partial charge in [0.1, 0.15) is 5.82 Å². The SMILES string of the molecule is CCn1cc(CN2CCC(n3nccc3NC(=O)[C@H](OC)c3ccccc3)CC2)cn1. The summed E-state index contributed by atoms with van der Waals surface area (Å²) >= 11 is 0. The molecule has 0 unspecified atom stereocenters. The molecule has 0 bridgehead atoms. The predicted octanol–water partition coefficient (Wildman–Crippen LogP) is 3.26. The number of benzene rings is 1. The number of amides is 1. The highest BCUT2D eigenvalue weighted by molar-refractivity contribution is 5.94. The van der Waals surface area contributed by atoms with E-state index < -0.39 is 6.10 Å². The van der Waals surface area contributed by atoms with Crippen LogP contribution in [0.1, 0.15) is 43.0 Å². The van der Waals surface area contributed by atoms with Crippen LogP contribution in [0.4, 0.5) is 5.82 Å². The summed E-state index contributed by atoms with van der Waals surface area (Å²) in [5.74, 6) is 0.520. The topological polar surface area (TPSA) is 77.2 Å². The maximum absolute atomic E-state index is 12.9. The Morgan fingerprint density at radius 2 is 1.97 bits per heavy atom. The van der Waals surface area contributed by atoms with Crippen LogP contribution >= 0.6 is 0 Å². The van der Waals surface area contributed by atoms with Crippen molar-refractivity contribution in [2.45, 2.75) is 45.0 Å². The molecule has 4 rings (SSSR count). The minimum atomic E-state index is -0.657. The average molecular weight is 423 g/mol. The molecule has 1 aliphatic heterocycles. The normalized spacial score (nSPS) is 16.3. The van der Waals surface area contributed by atoms with E-state index in [0.717, 1.165) is 44.6 Å². The number of anilines is 1. The van der Waals surface area contributed by atoms with Gasteiger partial charge in [-0.25, -0.2) is 4.68 Å². The number of aromatic nitrogens is 4. The second-order valence-corrected chi connectivity index (χ2v) is 7.89. The number of nitrogens with one attached hydrogen (secondary N) is 1. The van der Waals surface area contributed by atoms with Gasteiger partial charge >= 0.3 is 0 Å². The lowest BCUT2D eigenvalue weighted by Crippen LogP contribution is -2.35. The number of likely N-dealkylation sites (tertiary alicyclic amines) is 1. The van der Waals surface area contributed by atoms with Crippen LogP contribution in [0.15, 0.2) is 55.0 Å². The summed E-state index contributed by atoms with van der Waals surface area (Å²) in [6, 6.07) is 11.6. The van der Waals surface area contributed by atoms with Crippen LogP contribution in [0.3, 0.4) is 0 Å². The molecule has 3 heterocycles. The van der Waals surface area contributed by atoms with Gasteiger partial charge in [0, 0.05) is 51.1 Å². The van der Waals surface area contributed by atoms with E-state index in [9.17, 15) is 4.79 Å². The fourth-order valence-corrected chi connectivity index (χ4v) is 4.16. The minimum absolute atomic E-state index is 0.194. The molecule has 1 fully saturated rings. The van der Waals surface area contributed by atoms with E-state index in [-0.39, 0.29) is 11.9 Å². The van der Waals surface area contributed by atoms with Crippen molar-refractivity contribution in [3.8, 4) is 0 Å². The smallest absolute Gasteiger partial charge is 0.259 e. The largest absolute Gasteiger partial charge is 0.367 e. The van der Waals surface area contributed by atoms with Crippen LogP contribution in [-0.2, 0) is 22.6 Å². The van der Waals surface area contributed by atoms with Gasteiger partial charge in [-0.05, 0) is 25.3 Å². The maximum Gasteiger partial charge on any atom is 0.259 e. The molecular formula is C23H30N6O2. The maximum atomic E-state index is 12.9. The number of methoxy groups -OCH3 is 1. The number of piperidine rings is 1. The van der Waals surface area contributed by atoms with Gasteiger partial charge in [-0.1, -0.05) is 30.3 Å². The highest BCUT2D eigenvalue weighted by Crippen LogP contribution is 2.27. The Bertz CT molecular complexity index is 975. The molecule has 1 N–H and O–H groups in total. The van der Waals surface area contributed by atoms with Gasteiger partial charge < -0.3 is 10.1 Å². The van der Waals surface area contributed by atoms with Gasteiger partial charge in [-0.15, -0.1) is 0 Å². The summed E-state index contributed by atoms with van der Waals surface area (Å²) in [5.41, 5.74) is 2.08. The third kappa shape index (κ3) is 5.03. The molecule has 1 amide bonds. The monoisotopic (exact) mass is 422 g/mol. The Morgan fingerprint density at radius 1 is 1.19 bits per heavy atom. The summed E-state index contributed by atoms with van der Waals surface area (Å²) in [5, 5.41) is 11.9. The average Bonchev–Trinajstić information content (AvgIpc) is 3.45. The molecule has 0 spiro atoms. The Morgan fingerprint density at radius 3 is 2.65 bits per heavy atom. The summed E-state index contributed by atoms with van der Waals surface area (Å²) in [7, 11) is 1.55. The van der Waals surface area contributed by atoms with Gasteiger partial charge in [-0.2, -0.15) is 10.2 Å². The van der Waals surface area contributed by atoms with Crippen molar-refractivity contribution in [3.05, 3.63) is 66.1 Å². The van der Waals surface area contributed by atoms with Crippen LogP contribution in [-0.4, -0.2) is 50.6 Å². The number of aryl methyl sites for hydroxylation is 1. The van der Waals surface area contributed by atoms with Crippen molar-refractivity contribution < 1.29 is 9.53 Å². The second kappa shape index (κ2) is 9.89. The number of nitrogens with zero attached hydrogens (tertiary/aromatic N) is 5.